The van der Waals surface area contributed by atoms with Crippen molar-refractivity contribution in [3.05, 3.63) is 74.1 Å². The Hall–Kier alpha value is -2.64. The highest BCUT2D eigenvalue weighted by atomic mass is 32.1. The SMILES string of the molecule is CCN(CC(=O)N1CCc2sccc2[C@H]1COc1ccc(C(C)C)cc1)C(=O)c1cccs1. The topological polar surface area (TPSA) is 49.9 Å². The molecule has 3 aromatic rings. The molecule has 0 saturated heterocycles. The number of nitrogens with zero attached hydrogens (tertiary/aromatic N) is 2. The van der Waals surface area contributed by atoms with E-state index in [-0.39, 0.29) is 24.4 Å². The Morgan fingerprint density at radius 3 is 2.58 bits per heavy atom. The van der Waals surface area contributed by atoms with Crippen LogP contribution in [-0.2, 0) is 11.2 Å². The lowest BCUT2D eigenvalue weighted by Crippen LogP contribution is -2.47. The van der Waals surface area contributed by atoms with Crippen LogP contribution in [0.4, 0.5) is 0 Å². The van der Waals surface area contributed by atoms with Gasteiger partial charge in [0.2, 0.25) is 5.91 Å². The van der Waals surface area contributed by atoms with Gasteiger partial charge in [0.15, 0.2) is 0 Å². The first kappa shape index (κ1) is 23.5. The summed E-state index contributed by atoms with van der Waals surface area (Å²) in [5.74, 6) is 1.14. The molecule has 0 aliphatic carbocycles. The molecular weight excluding hydrogens is 452 g/mol. The minimum absolute atomic E-state index is 0.0395. The fraction of sp³-hybridized carbons (Fsp3) is 0.385. The third kappa shape index (κ3) is 5.31. The third-order valence-corrected chi connectivity index (χ3v) is 7.95. The van der Waals surface area contributed by atoms with Crippen LogP contribution in [0.5, 0.6) is 5.75 Å². The molecule has 0 N–H and O–H groups in total. The normalized spacial score (nSPS) is 15.4. The first-order valence-corrected chi connectivity index (χ1v) is 13.1. The number of hydrogen-bond acceptors (Lipinski definition) is 5. The first-order chi connectivity index (χ1) is 16.0. The van der Waals surface area contributed by atoms with Gasteiger partial charge in [-0.05, 0) is 65.4 Å². The van der Waals surface area contributed by atoms with Gasteiger partial charge in [-0.15, -0.1) is 22.7 Å². The number of hydrogen-bond donors (Lipinski definition) is 0. The van der Waals surface area contributed by atoms with Crippen molar-refractivity contribution in [2.24, 2.45) is 0 Å². The summed E-state index contributed by atoms with van der Waals surface area (Å²) < 4.78 is 6.16. The zero-order chi connectivity index (χ0) is 23.4. The predicted octanol–water partition coefficient (Wildman–Crippen LogP) is 5.60. The summed E-state index contributed by atoms with van der Waals surface area (Å²) in [6.07, 6.45) is 0.837. The highest BCUT2D eigenvalue weighted by molar-refractivity contribution is 7.12. The van der Waals surface area contributed by atoms with Crippen LogP contribution >= 0.6 is 22.7 Å². The molecule has 1 atom stereocenters. The molecule has 0 unspecified atom stereocenters. The summed E-state index contributed by atoms with van der Waals surface area (Å²) in [6, 6.07) is 13.8. The van der Waals surface area contributed by atoms with Crippen molar-refractivity contribution < 1.29 is 14.3 Å². The molecular formula is C26H30N2O3S2. The van der Waals surface area contributed by atoms with Crippen LogP contribution in [-0.4, -0.2) is 47.9 Å². The maximum absolute atomic E-state index is 13.4. The Morgan fingerprint density at radius 1 is 1.12 bits per heavy atom. The average Bonchev–Trinajstić information content (AvgIpc) is 3.53. The first-order valence-electron chi connectivity index (χ1n) is 11.4. The molecule has 2 aromatic heterocycles. The highest BCUT2D eigenvalue weighted by Gasteiger charge is 2.33. The Balaban J connectivity index is 1.48. The van der Waals surface area contributed by atoms with Crippen LogP contribution in [0.2, 0.25) is 0 Å². The molecule has 1 aliphatic heterocycles. The number of rotatable bonds is 8. The van der Waals surface area contributed by atoms with Crippen LogP contribution in [0.3, 0.4) is 0 Å². The summed E-state index contributed by atoms with van der Waals surface area (Å²) in [5.41, 5.74) is 2.43. The molecule has 4 rings (SSSR count). The largest absolute Gasteiger partial charge is 0.491 e. The fourth-order valence-corrected chi connectivity index (χ4v) is 5.76. The molecule has 0 bridgehead atoms. The van der Waals surface area contributed by atoms with E-state index in [9.17, 15) is 9.59 Å². The van der Waals surface area contributed by atoms with Gasteiger partial charge in [0.05, 0.1) is 10.9 Å². The van der Waals surface area contributed by atoms with Crippen LogP contribution in [0.15, 0.2) is 53.2 Å². The maximum Gasteiger partial charge on any atom is 0.264 e. The van der Waals surface area contributed by atoms with Crippen molar-refractivity contribution in [3.63, 3.8) is 0 Å². The molecule has 5 nitrogen and oxygen atoms in total. The summed E-state index contributed by atoms with van der Waals surface area (Å²) in [5, 5.41) is 3.97. The van der Waals surface area contributed by atoms with Gasteiger partial charge in [-0.1, -0.05) is 32.0 Å². The summed E-state index contributed by atoms with van der Waals surface area (Å²) >= 11 is 3.14. The Morgan fingerprint density at radius 2 is 1.91 bits per heavy atom. The van der Waals surface area contributed by atoms with Gasteiger partial charge in [-0.2, -0.15) is 0 Å². The monoisotopic (exact) mass is 482 g/mol. The third-order valence-electron chi connectivity index (χ3n) is 6.10. The van der Waals surface area contributed by atoms with Crippen LogP contribution in [0.1, 0.15) is 58.4 Å². The van der Waals surface area contributed by atoms with E-state index in [1.165, 1.54) is 21.8 Å². The smallest absolute Gasteiger partial charge is 0.264 e. The van der Waals surface area contributed by atoms with Crippen LogP contribution < -0.4 is 4.74 Å². The molecule has 0 spiro atoms. The van der Waals surface area contributed by atoms with E-state index in [0.29, 0.717) is 30.5 Å². The summed E-state index contributed by atoms with van der Waals surface area (Å²) in [4.78, 5) is 31.7. The van der Waals surface area contributed by atoms with Crippen molar-refractivity contribution >= 4 is 34.5 Å². The fourth-order valence-electron chi connectivity index (χ4n) is 4.14. The Bertz CT molecular complexity index is 1070. The Kier molecular flexibility index (Phi) is 7.50. The molecule has 0 radical (unpaired) electrons. The molecule has 174 valence electrons. The second-order valence-corrected chi connectivity index (χ2v) is 10.4. The number of carbonyl (C=O) groups excluding carboxylic acids is 2. The summed E-state index contributed by atoms with van der Waals surface area (Å²) in [7, 11) is 0. The summed E-state index contributed by atoms with van der Waals surface area (Å²) in [6.45, 7) is 7.84. The quantitative estimate of drug-likeness (QED) is 0.420. The minimum atomic E-state index is -0.159. The molecule has 0 fully saturated rings. The highest BCUT2D eigenvalue weighted by Crippen LogP contribution is 2.34. The number of amides is 2. The van der Waals surface area contributed by atoms with Gasteiger partial charge in [0.1, 0.15) is 18.9 Å². The number of carbonyl (C=O) groups is 2. The predicted molar refractivity (Wildman–Crippen MR) is 134 cm³/mol. The van der Waals surface area contributed by atoms with E-state index in [1.54, 1.807) is 22.3 Å². The molecule has 3 heterocycles. The average molecular weight is 483 g/mol. The number of ether oxygens (including phenoxy) is 1. The number of fused-ring (bicyclic) bond motifs is 1. The molecule has 7 heteroatoms. The molecule has 1 aromatic carbocycles. The second-order valence-electron chi connectivity index (χ2n) is 8.48. The lowest BCUT2D eigenvalue weighted by Gasteiger charge is -2.37. The van der Waals surface area contributed by atoms with E-state index in [1.807, 2.05) is 35.4 Å². The lowest BCUT2D eigenvalue weighted by atomic mass is 10.00. The van der Waals surface area contributed by atoms with Crippen molar-refractivity contribution in [3.8, 4) is 5.75 Å². The standard InChI is InChI=1S/C26H30N2O3S2/c1-4-27(26(30)24-6-5-14-32-24)16-25(29)28-13-11-23-21(12-15-33-23)22(28)17-31-20-9-7-19(8-10-20)18(2)3/h5-10,12,14-15,18,22H,4,11,13,16-17H2,1-3H3/t22-/m1/s1. The molecule has 33 heavy (non-hydrogen) atoms. The van der Waals surface area contributed by atoms with Crippen LogP contribution in [0.25, 0.3) is 0 Å². The van der Waals surface area contributed by atoms with Gasteiger partial charge in [0.25, 0.3) is 5.91 Å². The lowest BCUT2D eigenvalue weighted by molar-refractivity contribution is -0.135. The van der Waals surface area contributed by atoms with Gasteiger partial charge in [-0.3, -0.25) is 9.59 Å². The van der Waals surface area contributed by atoms with Crippen molar-refractivity contribution in [2.75, 3.05) is 26.2 Å². The van der Waals surface area contributed by atoms with Crippen molar-refractivity contribution in [2.45, 2.75) is 39.2 Å². The van der Waals surface area contributed by atoms with E-state index >= 15 is 0 Å². The van der Waals surface area contributed by atoms with Gasteiger partial charge < -0.3 is 14.5 Å². The minimum Gasteiger partial charge on any atom is -0.491 e. The van der Waals surface area contributed by atoms with Gasteiger partial charge in [0, 0.05) is 18.0 Å². The van der Waals surface area contributed by atoms with E-state index in [2.05, 4.69) is 37.4 Å². The Labute approximate surface area is 203 Å². The zero-order valence-corrected chi connectivity index (χ0v) is 21.0. The van der Waals surface area contributed by atoms with Crippen molar-refractivity contribution in [1.82, 2.24) is 9.80 Å². The van der Waals surface area contributed by atoms with E-state index in [4.69, 9.17) is 4.74 Å². The maximum atomic E-state index is 13.4. The van der Waals surface area contributed by atoms with Crippen LogP contribution in [0, 0.1) is 0 Å². The van der Waals surface area contributed by atoms with Crippen molar-refractivity contribution in [1.29, 1.82) is 0 Å². The molecule has 1 aliphatic rings. The number of thiophene rings is 2. The number of likely N-dealkylation sites (N-methyl/N-ethyl adjacent to an activating group) is 1. The molecule has 0 saturated carbocycles. The molecule has 2 amide bonds. The number of benzene rings is 1. The van der Waals surface area contributed by atoms with E-state index in [0.717, 1.165) is 17.7 Å². The second kappa shape index (κ2) is 10.5. The zero-order valence-electron chi connectivity index (χ0n) is 19.3. The van der Waals surface area contributed by atoms with E-state index < -0.39 is 0 Å². The van der Waals surface area contributed by atoms with Gasteiger partial charge >= 0.3 is 0 Å². The van der Waals surface area contributed by atoms with Gasteiger partial charge in [-0.25, -0.2) is 0 Å².